The van der Waals surface area contributed by atoms with E-state index in [4.69, 9.17) is 0 Å². The second-order valence-electron chi connectivity index (χ2n) is 2.74. The smallest absolute Gasteiger partial charge is 0.265 e. The molecule has 0 aliphatic rings. The van der Waals surface area contributed by atoms with Crippen LogP contribution in [0.3, 0.4) is 0 Å². The molecule has 0 saturated heterocycles. The van der Waals surface area contributed by atoms with Gasteiger partial charge in [0.1, 0.15) is 10.4 Å². The summed E-state index contributed by atoms with van der Waals surface area (Å²) < 4.78 is 25.7. The van der Waals surface area contributed by atoms with E-state index >= 15 is 0 Å². The molecule has 0 atom stereocenters. The molecule has 9 heteroatoms. The Kier molecular flexibility index (Phi) is 2.71. The highest BCUT2D eigenvalue weighted by atomic mass is 32.2. The molecule has 2 heterocycles. The minimum Gasteiger partial charge on any atom is -0.328 e. The van der Waals surface area contributed by atoms with Gasteiger partial charge < -0.3 is 4.98 Å². The summed E-state index contributed by atoms with van der Waals surface area (Å²) in [6.45, 7) is 0. The van der Waals surface area contributed by atoms with Crippen molar-refractivity contribution in [3.8, 4) is 0 Å². The van der Waals surface area contributed by atoms with E-state index in [1.165, 1.54) is 11.6 Å². The van der Waals surface area contributed by atoms with Crippen LogP contribution in [0.15, 0.2) is 33.5 Å². The van der Waals surface area contributed by atoms with Crippen LogP contribution in [0.1, 0.15) is 0 Å². The van der Waals surface area contributed by atoms with E-state index in [-0.39, 0.29) is 15.6 Å². The predicted octanol–water partition coefficient (Wildman–Crippen LogP) is 0.0272. The Labute approximate surface area is 94.2 Å². The molecule has 84 valence electrons. The van der Waals surface area contributed by atoms with Crippen molar-refractivity contribution in [2.75, 3.05) is 4.72 Å². The fourth-order valence-corrected chi connectivity index (χ4v) is 2.61. The molecule has 2 aromatic rings. The number of anilines is 1. The molecule has 0 aliphatic carbocycles. The zero-order valence-electron chi connectivity index (χ0n) is 7.75. The third-order valence-electron chi connectivity index (χ3n) is 1.65. The van der Waals surface area contributed by atoms with E-state index in [9.17, 15) is 13.2 Å². The Morgan fingerprint density at radius 2 is 2.19 bits per heavy atom. The lowest BCUT2D eigenvalue weighted by Gasteiger charge is -2.03. The number of hydrogen-bond donors (Lipinski definition) is 2. The number of aromatic amines is 1. The second kappa shape index (κ2) is 4.02. The first-order chi connectivity index (χ1) is 7.58. The molecule has 0 aliphatic heterocycles. The van der Waals surface area contributed by atoms with Gasteiger partial charge in [0, 0.05) is 12.3 Å². The van der Waals surface area contributed by atoms with E-state index in [1.54, 1.807) is 0 Å². The molecular formula is C7H6N4O3S2. The van der Waals surface area contributed by atoms with Crippen molar-refractivity contribution >= 4 is 26.5 Å². The molecule has 2 aromatic heterocycles. The Balaban J connectivity index is 2.32. The number of hydrogen-bond acceptors (Lipinski definition) is 6. The van der Waals surface area contributed by atoms with Crippen LogP contribution in [0.4, 0.5) is 5.13 Å². The molecular weight excluding hydrogens is 252 g/mol. The van der Waals surface area contributed by atoms with Crippen molar-refractivity contribution in [3.05, 3.63) is 34.2 Å². The molecule has 7 nitrogen and oxygen atoms in total. The number of rotatable bonds is 3. The second-order valence-corrected chi connectivity index (χ2v) is 5.25. The lowest BCUT2D eigenvalue weighted by molar-refractivity contribution is 0.600. The maximum absolute atomic E-state index is 11.7. The highest BCUT2D eigenvalue weighted by Gasteiger charge is 2.15. The first-order valence-corrected chi connectivity index (χ1v) is 6.42. The lowest BCUT2D eigenvalue weighted by atomic mass is 10.5. The van der Waals surface area contributed by atoms with Gasteiger partial charge in [-0.1, -0.05) is 11.3 Å². The molecule has 0 fully saturated rings. The predicted molar refractivity (Wildman–Crippen MR) is 57.8 cm³/mol. The average Bonchev–Trinajstić information content (AvgIpc) is 2.70. The minimum atomic E-state index is -3.71. The van der Waals surface area contributed by atoms with Crippen LogP contribution >= 0.6 is 11.3 Å². The van der Waals surface area contributed by atoms with E-state index < -0.39 is 10.0 Å². The van der Waals surface area contributed by atoms with E-state index in [1.807, 2.05) is 0 Å². The van der Waals surface area contributed by atoms with Gasteiger partial charge in [0.15, 0.2) is 0 Å². The Bertz CT molecular complexity index is 611. The molecule has 0 amide bonds. The van der Waals surface area contributed by atoms with Gasteiger partial charge in [0.2, 0.25) is 10.7 Å². The summed E-state index contributed by atoms with van der Waals surface area (Å²) >= 11 is 1.06. The van der Waals surface area contributed by atoms with Crippen LogP contribution in [0, 0.1) is 0 Å². The fraction of sp³-hybridized carbons (Fsp3) is 0. The maximum Gasteiger partial charge on any atom is 0.265 e. The topological polar surface area (TPSA) is 105 Å². The number of sulfonamides is 1. The van der Waals surface area contributed by atoms with Gasteiger partial charge in [-0.2, -0.15) is 0 Å². The van der Waals surface area contributed by atoms with Crippen molar-refractivity contribution in [1.82, 2.24) is 15.2 Å². The number of aromatic nitrogens is 3. The number of nitrogens with zero attached hydrogens (tertiary/aromatic N) is 2. The fourth-order valence-electron chi connectivity index (χ4n) is 0.955. The Morgan fingerprint density at radius 1 is 1.38 bits per heavy atom. The van der Waals surface area contributed by atoms with Gasteiger partial charge in [-0.15, -0.1) is 10.2 Å². The number of pyridine rings is 1. The normalized spacial score (nSPS) is 11.2. The van der Waals surface area contributed by atoms with E-state index in [2.05, 4.69) is 19.9 Å². The van der Waals surface area contributed by atoms with Crippen molar-refractivity contribution in [3.63, 3.8) is 0 Å². The van der Waals surface area contributed by atoms with E-state index in [0.29, 0.717) is 0 Å². The van der Waals surface area contributed by atoms with E-state index in [0.717, 1.165) is 23.6 Å². The van der Waals surface area contributed by atoms with Crippen LogP contribution in [0.2, 0.25) is 0 Å². The van der Waals surface area contributed by atoms with Crippen LogP contribution in [0.25, 0.3) is 0 Å². The van der Waals surface area contributed by atoms with Gasteiger partial charge >= 0.3 is 0 Å². The van der Waals surface area contributed by atoms with Gasteiger partial charge in [-0.25, -0.2) is 8.42 Å². The zero-order chi connectivity index (χ0) is 11.6. The summed E-state index contributed by atoms with van der Waals surface area (Å²) in [6.07, 6.45) is 1.12. The van der Waals surface area contributed by atoms with Crippen LogP contribution in [-0.2, 0) is 10.0 Å². The van der Waals surface area contributed by atoms with Gasteiger partial charge in [-0.3, -0.25) is 9.52 Å². The van der Waals surface area contributed by atoms with Crippen molar-refractivity contribution < 1.29 is 8.42 Å². The highest BCUT2D eigenvalue weighted by molar-refractivity contribution is 7.93. The average molecular weight is 258 g/mol. The Morgan fingerprint density at radius 3 is 2.75 bits per heavy atom. The van der Waals surface area contributed by atoms with Gasteiger partial charge in [-0.05, 0) is 6.07 Å². The third kappa shape index (κ3) is 2.25. The summed E-state index contributed by atoms with van der Waals surface area (Å²) in [6, 6.07) is 2.34. The summed E-state index contributed by atoms with van der Waals surface area (Å²) in [7, 11) is -3.71. The summed E-state index contributed by atoms with van der Waals surface area (Å²) in [5.74, 6) is 0. The summed E-state index contributed by atoms with van der Waals surface area (Å²) in [5, 5.41) is 7.22. The van der Waals surface area contributed by atoms with Gasteiger partial charge in [0.05, 0.1) is 0 Å². The quantitative estimate of drug-likeness (QED) is 0.808. The van der Waals surface area contributed by atoms with Crippen LogP contribution in [-0.4, -0.2) is 23.6 Å². The standard InChI is InChI=1S/C7H6N4O3S2/c12-6-2-1-5(3-8-6)16(13,14)11-7-10-9-4-15-7/h1-4H,(H,8,12)(H,10,11). The van der Waals surface area contributed by atoms with Crippen molar-refractivity contribution in [2.45, 2.75) is 4.90 Å². The zero-order valence-corrected chi connectivity index (χ0v) is 9.38. The molecule has 0 aromatic carbocycles. The SMILES string of the molecule is O=c1ccc(S(=O)(=O)Nc2nncs2)c[nH]1. The molecule has 2 N–H and O–H groups in total. The minimum absolute atomic E-state index is 0.0395. The van der Waals surface area contributed by atoms with Crippen molar-refractivity contribution in [2.24, 2.45) is 0 Å². The Hall–Kier alpha value is -1.74. The number of nitrogens with one attached hydrogen (secondary N) is 2. The molecule has 0 radical (unpaired) electrons. The van der Waals surface area contributed by atoms with Crippen molar-refractivity contribution in [1.29, 1.82) is 0 Å². The summed E-state index contributed by atoms with van der Waals surface area (Å²) in [4.78, 5) is 13.0. The maximum atomic E-state index is 11.7. The third-order valence-corrected chi connectivity index (χ3v) is 3.72. The molecule has 0 unspecified atom stereocenters. The highest BCUT2D eigenvalue weighted by Crippen LogP contribution is 2.14. The van der Waals surface area contributed by atoms with Crippen LogP contribution < -0.4 is 10.3 Å². The lowest BCUT2D eigenvalue weighted by Crippen LogP contribution is -2.15. The molecule has 0 spiro atoms. The largest absolute Gasteiger partial charge is 0.328 e. The molecule has 0 saturated carbocycles. The van der Waals surface area contributed by atoms with Gasteiger partial charge in [0.25, 0.3) is 10.0 Å². The number of H-pyrrole nitrogens is 1. The molecule has 0 bridgehead atoms. The van der Waals surface area contributed by atoms with Crippen LogP contribution in [0.5, 0.6) is 0 Å². The first kappa shape index (κ1) is 10.8. The first-order valence-electron chi connectivity index (χ1n) is 4.06. The molecule has 16 heavy (non-hydrogen) atoms. The monoisotopic (exact) mass is 258 g/mol. The summed E-state index contributed by atoms with van der Waals surface area (Å²) in [5.41, 5.74) is 1.04. The molecule has 2 rings (SSSR count).